The van der Waals surface area contributed by atoms with Gasteiger partial charge >= 0.3 is 0 Å². The summed E-state index contributed by atoms with van der Waals surface area (Å²) in [6.45, 7) is 4.62. The molecule has 23 heavy (non-hydrogen) atoms. The number of nitrogens with one attached hydrogen (secondary N) is 2. The number of ether oxygens (including phenoxy) is 1. The quantitative estimate of drug-likeness (QED) is 0.707. The third-order valence-electron chi connectivity index (χ3n) is 4.04. The molecule has 0 atom stereocenters. The van der Waals surface area contributed by atoms with Crippen molar-refractivity contribution in [3.63, 3.8) is 0 Å². The number of rotatable bonds is 8. The molecule has 1 aliphatic rings. The summed E-state index contributed by atoms with van der Waals surface area (Å²) in [5, 5.41) is 6.94. The first kappa shape index (κ1) is 18.2. The van der Waals surface area contributed by atoms with Crippen LogP contribution in [0.1, 0.15) is 18.4 Å². The van der Waals surface area contributed by atoms with Crippen LogP contribution in [0.5, 0.6) is 0 Å². The summed E-state index contributed by atoms with van der Waals surface area (Å²) in [5.74, 6) is 0.0669. The summed E-state index contributed by atoms with van der Waals surface area (Å²) in [4.78, 5) is 14.3. The molecule has 0 aliphatic carbocycles. The minimum Gasteiger partial charge on any atom is -0.383 e. The molecule has 1 heterocycles. The van der Waals surface area contributed by atoms with Crippen molar-refractivity contribution < 1.29 is 9.53 Å². The van der Waals surface area contributed by atoms with Gasteiger partial charge in [0.1, 0.15) is 0 Å². The van der Waals surface area contributed by atoms with Crippen molar-refractivity contribution in [2.45, 2.75) is 25.4 Å². The molecule has 5 nitrogen and oxygen atoms in total. The lowest BCUT2D eigenvalue weighted by atomic mass is 10.0. The van der Waals surface area contributed by atoms with Crippen LogP contribution in [0, 0.1) is 0 Å². The van der Waals surface area contributed by atoms with Gasteiger partial charge in [-0.15, -0.1) is 0 Å². The lowest BCUT2D eigenvalue weighted by molar-refractivity contribution is -0.121. The van der Waals surface area contributed by atoms with E-state index in [1.165, 1.54) is 5.56 Å². The van der Waals surface area contributed by atoms with Crippen molar-refractivity contribution >= 4 is 17.5 Å². The fraction of sp³-hybridized carbons (Fsp3) is 0.588. The molecular formula is C17H26ClN3O2. The molecule has 0 spiro atoms. The highest BCUT2D eigenvalue weighted by atomic mass is 35.5. The van der Waals surface area contributed by atoms with E-state index in [0.29, 0.717) is 19.7 Å². The van der Waals surface area contributed by atoms with Crippen molar-refractivity contribution in [2.24, 2.45) is 0 Å². The highest BCUT2D eigenvalue weighted by Gasteiger charge is 2.20. The minimum absolute atomic E-state index is 0.0669. The fourth-order valence-corrected chi connectivity index (χ4v) is 2.86. The largest absolute Gasteiger partial charge is 0.383 e. The van der Waals surface area contributed by atoms with Gasteiger partial charge in [0, 0.05) is 44.4 Å². The number of hydrogen-bond acceptors (Lipinski definition) is 4. The summed E-state index contributed by atoms with van der Waals surface area (Å²) in [5.41, 5.74) is 1.28. The van der Waals surface area contributed by atoms with Crippen molar-refractivity contribution in [1.29, 1.82) is 0 Å². The predicted octanol–water partition coefficient (Wildman–Crippen LogP) is 1.66. The molecule has 0 radical (unpaired) electrons. The lowest BCUT2D eigenvalue weighted by Gasteiger charge is -2.32. The van der Waals surface area contributed by atoms with E-state index in [9.17, 15) is 4.79 Å². The van der Waals surface area contributed by atoms with E-state index < -0.39 is 0 Å². The van der Waals surface area contributed by atoms with E-state index in [-0.39, 0.29) is 11.9 Å². The van der Waals surface area contributed by atoms with E-state index in [1.807, 2.05) is 12.1 Å². The van der Waals surface area contributed by atoms with Crippen LogP contribution in [-0.2, 0) is 16.1 Å². The van der Waals surface area contributed by atoms with E-state index in [1.54, 1.807) is 7.11 Å². The minimum atomic E-state index is 0.0669. The standard InChI is InChI=1S/C17H26ClN3O2/c1-23-11-8-19-12-17(22)20-16-6-9-21(10-7-16)13-14-2-4-15(18)5-3-14/h2-5,16,19H,6-13H2,1H3,(H,20,22). The maximum absolute atomic E-state index is 11.8. The van der Waals surface area contributed by atoms with E-state index in [2.05, 4.69) is 27.7 Å². The van der Waals surface area contributed by atoms with Gasteiger partial charge in [0.2, 0.25) is 5.91 Å². The Hall–Kier alpha value is -1.14. The van der Waals surface area contributed by atoms with Crippen LogP contribution >= 0.6 is 11.6 Å². The topological polar surface area (TPSA) is 53.6 Å². The number of hydrogen-bond donors (Lipinski definition) is 2. The normalized spacial score (nSPS) is 16.4. The summed E-state index contributed by atoms with van der Waals surface area (Å²) in [6.07, 6.45) is 1.99. The smallest absolute Gasteiger partial charge is 0.234 e. The zero-order chi connectivity index (χ0) is 16.5. The second-order valence-electron chi connectivity index (χ2n) is 5.91. The van der Waals surface area contributed by atoms with Crippen LogP contribution in [0.2, 0.25) is 5.02 Å². The molecule has 0 bridgehead atoms. The van der Waals surface area contributed by atoms with Crippen LogP contribution in [0.15, 0.2) is 24.3 Å². The van der Waals surface area contributed by atoms with Gasteiger partial charge in [0.05, 0.1) is 13.2 Å². The number of carbonyl (C=O) groups excluding carboxylic acids is 1. The van der Waals surface area contributed by atoms with E-state index >= 15 is 0 Å². The Kier molecular flexibility index (Phi) is 7.82. The number of amides is 1. The molecule has 1 saturated heterocycles. The Bertz CT molecular complexity index is 473. The maximum Gasteiger partial charge on any atom is 0.234 e. The number of benzene rings is 1. The zero-order valence-corrected chi connectivity index (χ0v) is 14.4. The summed E-state index contributed by atoms with van der Waals surface area (Å²) in [7, 11) is 1.65. The van der Waals surface area contributed by atoms with Crippen molar-refractivity contribution in [3.05, 3.63) is 34.9 Å². The molecule has 0 unspecified atom stereocenters. The number of halogens is 1. The Morgan fingerprint density at radius 3 is 2.65 bits per heavy atom. The summed E-state index contributed by atoms with van der Waals surface area (Å²) < 4.78 is 4.93. The highest BCUT2D eigenvalue weighted by Crippen LogP contribution is 2.15. The molecule has 1 fully saturated rings. The lowest BCUT2D eigenvalue weighted by Crippen LogP contribution is -2.46. The summed E-state index contributed by atoms with van der Waals surface area (Å²) >= 11 is 5.91. The first-order chi connectivity index (χ1) is 11.2. The van der Waals surface area contributed by atoms with Gasteiger partial charge in [-0.25, -0.2) is 0 Å². The van der Waals surface area contributed by atoms with Crippen molar-refractivity contribution in [1.82, 2.24) is 15.5 Å². The zero-order valence-electron chi connectivity index (χ0n) is 13.7. The molecule has 0 aromatic heterocycles. The monoisotopic (exact) mass is 339 g/mol. The average molecular weight is 340 g/mol. The van der Waals surface area contributed by atoms with Gasteiger partial charge in [-0.05, 0) is 30.5 Å². The maximum atomic E-state index is 11.8. The molecule has 2 rings (SSSR count). The predicted molar refractivity (Wildman–Crippen MR) is 92.6 cm³/mol. The molecule has 6 heteroatoms. The van der Waals surface area contributed by atoms with E-state index in [4.69, 9.17) is 16.3 Å². The van der Waals surface area contributed by atoms with Gasteiger partial charge in [0.15, 0.2) is 0 Å². The Morgan fingerprint density at radius 2 is 2.00 bits per heavy atom. The molecule has 1 aromatic rings. The Balaban J connectivity index is 1.63. The third kappa shape index (κ3) is 6.87. The summed E-state index contributed by atoms with van der Waals surface area (Å²) in [6, 6.07) is 8.29. The molecule has 128 valence electrons. The second kappa shape index (κ2) is 9.88. The van der Waals surface area contributed by atoms with E-state index in [0.717, 1.165) is 37.5 Å². The SMILES string of the molecule is COCCNCC(=O)NC1CCN(Cc2ccc(Cl)cc2)CC1. The van der Waals surface area contributed by atoms with Crippen LogP contribution in [0.4, 0.5) is 0 Å². The molecule has 0 saturated carbocycles. The highest BCUT2D eigenvalue weighted by molar-refractivity contribution is 6.30. The molecular weight excluding hydrogens is 314 g/mol. The van der Waals surface area contributed by atoms with Crippen LogP contribution < -0.4 is 10.6 Å². The number of nitrogens with zero attached hydrogens (tertiary/aromatic N) is 1. The first-order valence-corrected chi connectivity index (χ1v) is 8.51. The van der Waals surface area contributed by atoms with Gasteiger partial charge in [-0.3, -0.25) is 9.69 Å². The molecule has 1 aliphatic heterocycles. The van der Waals surface area contributed by atoms with Crippen molar-refractivity contribution in [3.8, 4) is 0 Å². The Morgan fingerprint density at radius 1 is 1.30 bits per heavy atom. The van der Waals surface area contributed by atoms with Gasteiger partial charge in [-0.1, -0.05) is 23.7 Å². The number of carbonyl (C=O) groups is 1. The fourth-order valence-electron chi connectivity index (χ4n) is 2.74. The molecule has 1 amide bonds. The van der Waals surface area contributed by atoms with Gasteiger partial charge in [0.25, 0.3) is 0 Å². The van der Waals surface area contributed by atoms with Crippen LogP contribution in [0.25, 0.3) is 0 Å². The number of piperidine rings is 1. The van der Waals surface area contributed by atoms with Gasteiger partial charge in [-0.2, -0.15) is 0 Å². The number of methoxy groups -OCH3 is 1. The Labute approximate surface area is 143 Å². The number of likely N-dealkylation sites (tertiary alicyclic amines) is 1. The average Bonchev–Trinajstić information content (AvgIpc) is 2.56. The first-order valence-electron chi connectivity index (χ1n) is 8.13. The molecule has 2 N–H and O–H groups in total. The molecule has 1 aromatic carbocycles. The second-order valence-corrected chi connectivity index (χ2v) is 6.35. The van der Waals surface area contributed by atoms with Crippen molar-refractivity contribution in [2.75, 3.05) is 39.9 Å². The van der Waals surface area contributed by atoms with Crippen LogP contribution in [-0.4, -0.2) is 56.7 Å². The van der Waals surface area contributed by atoms with Crippen LogP contribution in [0.3, 0.4) is 0 Å². The van der Waals surface area contributed by atoms with Gasteiger partial charge < -0.3 is 15.4 Å². The third-order valence-corrected chi connectivity index (χ3v) is 4.29.